The third-order valence-electron chi connectivity index (χ3n) is 5.01. The van der Waals surface area contributed by atoms with Crippen molar-refractivity contribution in [1.82, 2.24) is 4.98 Å². The maximum atomic E-state index is 13.0. The van der Waals surface area contributed by atoms with Crippen LogP contribution in [0.5, 0.6) is 0 Å². The molecule has 1 fully saturated rings. The van der Waals surface area contributed by atoms with Gasteiger partial charge in [-0.2, -0.15) is 13.2 Å². The summed E-state index contributed by atoms with van der Waals surface area (Å²) in [4.78, 5) is 19.1. The molecule has 4 rings (SSSR count). The van der Waals surface area contributed by atoms with E-state index in [4.69, 9.17) is 4.74 Å². The van der Waals surface area contributed by atoms with Crippen molar-refractivity contribution in [2.45, 2.75) is 13.1 Å². The van der Waals surface area contributed by atoms with Crippen molar-refractivity contribution in [2.75, 3.05) is 36.5 Å². The van der Waals surface area contributed by atoms with Crippen molar-refractivity contribution in [2.24, 2.45) is 0 Å². The molecule has 2 aromatic carbocycles. The number of thiazole rings is 1. The highest BCUT2D eigenvalue weighted by atomic mass is 32.1. The molecule has 1 aliphatic heterocycles. The second-order valence-electron chi connectivity index (χ2n) is 7.17. The molecule has 0 spiro atoms. The molecule has 0 aliphatic carbocycles. The predicted octanol–water partition coefficient (Wildman–Crippen LogP) is 5.23. The lowest BCUT2D eigenvalue weighted by Gasteiger charge is -2.29. The Morgan fingerprint density at radius 1 is 1.16 bits per heavy atom. The fourth-order valence-corrected chi connectivity index (χ4v) is 4.13. The molecule has 5 nitrogen and oxygen atoms in total. The largest absolute Gasteiger partial charge is 0.416 e. The lowest BCUT2D eigenvalue weighted by Crippen LogP contribution is -2.36. The number of hydrogen-bond donors (Lipinski definition) is 1. The Bertz CT molecular complexity index is 1090. The van der Waals surface area contributed by atoms with Crippen LogP contribution in [0, 0.1) is 6.92 Å². The zero-order valence-corrected chi connectivity index (χ0v) is 17.5. The minimum Gasteiger partial charge on any atom is -0.378 e. The summed E-state index contributed by atoms with van der Waals surface area (Å²) in [6, 6.07) is 10.7. The molecule has 31 heavy (non-hydrogen) atoms. The molecule has 0 radical (unpaired) electrons. The minimum absolute atomic E-state index is 0.161. The van der Waals surface area contributed by atoms with Crippen LogP contribution in [0.25, 0.3) is 10.6 Å². The highest BCUT2D eigenvalue weighted by Gasteiger charge is 2.30. The average molecular weight is 447 g/mol. The van der Waals surface area contributed by atoms with E-state index < -0.39 is 17.6 Å². The highest BCUT2D eigenvalue weighted by molar-refractivity contribution is 7.13. The normalized spacial score (nSPS) is 14.5. The van der Waals surface area contributed by atoms with E-state index in [0.717, 1.165) is 47.8 Å². The third-order valence-corrected chi connectivity index (χ3v) is 5.90. The average Bonchev–Trinajstić information content (AvgIpc) is 3.26. The van der Waals surface area contributed by atoms with Crippen molar-refractivity contribution in [3.05, 3.63) is 64.7 Å². The van der Waals surface area contributed by atoms with Crippen molar-refractivity contribution in [3.8, 4) is 10.6 Å². The van der Waals surface area contributed by atoms with Gasteiger partial charge in [-0.15, -0.1) is 11.3 Å². The monoisotopic (exact) mass is 447 g/mol. The summed E-state index contributed by atoms with van der Waals surface area (Å²) in [7, 11) is 0. The van der Waals surface area contributed by atoms with Crippen LogP contribution in [-0.4, -0.2) is 37.2 Å². The number of morpholine rings is 1. The standard InChI is InChI=1S/C22H20F3N3O2S/c1-14-11-17(28-7-9-30-10-8-28)5-6-18(14)26-20(29)19-13-31-21(27-19)15-3-2-4-16(12-15)22(23,24)25/h2-6,11-13H,7-10H2,1H3,(H,26,29). The van der Waals surface area contributed by atoms with Gasteiger partial charge in [0.2, 0.25) is 0 Å². The summed E-state index contributed by atoms with van der Waals surface area (Å²) in [5.74, 6) is -0.406. The molecular weight excluding hydrogens is 427 g/mol. The summed E-state index contributed by atoms with van der Waals surface area (Å²) < 4.78 is 44.2. The molecule has 0 bridgehead atoms. The first-order valence-electron chi connectivity index (χ1n) is 9.69. The number of hydrogen-bond acceptors (Lipinski definition) is 5. The lowest BCUT2D eigenvalue weighted by atomic mass is 10.1. The molecule has 2 heterocycles. The molecule has 1 aliphatic rings. The van der Waals surface area contributed by atoms with Gasteiger partial charge in [0.25, 0.3) is 5.91 Å². The lowest BCUT2D eigenvalue weighted by molar-refractivity contribution is -0.137. The number of aromatic nitrogens is 1. The number of amides is 1. The van der Waals surface area contributed by atoms with Crippen LogP contribution >= 0.6 is 11.3 Å². The number of nitrogens with one attached hydrogen (secondary N) is 1. The fourth-order valence-electron chi connectivity index (χ4n) is 3.33. The number of aryl methyl sites for hydroxylation is 1. The van der Waals surface area contributed by atoms with Crippen LogP contribution < -0.4 is 10.2 Å². The van der Waals surface area contributed by atoms with Gasteiger partial charge < -0.3 is 15.0 Å². The number of ether oxygens (including phenoxy) is 1. The van der Waals surface area contributed by atoms with Gasteiger partial charge in [0.15, 0.2) is 0 Å². The van der Waals surface area contributed by atoms with Crippen molar-refractivity contribution in [1.29, 1.82) is 0 Å². The van der Waals surface area contributed by atoms with Crippen molar-refractivity contribution >= 4 is 28.6 Å². The second kappa shape index (κ2) is 8.68. The first-order chi connectivity index (χ1) is 14.8. The van der Waals surface area contributed by atoms with Gasteiger partial charge in [-0.25, -0.2) is 4.98 Å². The first-order valence-corrected chi connectivity index (χ1v) is 10.6. The topological polar surface area (TPSA) is 54.5 Å². The Hall–Kier alpha value is -2.91. The van der Waals surface area contributed by atoms with E-state index in [1.54, 1.807) is 11.4 Å². The van der Waals surface area contributed by atoms with E-state index >= 15 is 0 Å². The molecule has 3 aromatic rings. The van der Waals surface area contributed by atoms with Crippen LogP contribution in [0.2, 0.25) is 0 Å². The first kappa shape index (κ1) is 21.3. The molecular formula is C22H20F3N3O2S. The number of alkyl halides is 3. The van der Waals surface area contributed by atoms with E-state index in [2.05, 4.69) is 15.2 Å². The number of halogens is 3. The number of anilines is 2. The zero-order chi connectivity index (χ0) is 22.0. The molecule has 162 valence electrons. The Morgan fingerprint density at radius 3 is 2.65 bits per heavy atom. The number of nitrogens with zero attached hydrogens (tertiary/aromatic N) is 2. The maximum Gasteiger partial charge on any atom is 0.416 e. The summed E-state index contributed by atoms with van der Waals surface area (Å²) in [6.45, 7) is 4.93. The SMILES string of the molecule is Cc1cc(N2CCOCC2)ccc1NC(=O)c1csc(-c2cccc(C(F)(F)F)c2)n1. The number of carbonyl (C=O) groups is 1. The van der Waals surface area contributed by atoms with E-state index in [-0.39, 0.29) is 5.69 Å². The van der Waals surface area contributed by atoms with Gasteiger partial charge in [-0.3, -0.25) is 4.79 Å². The molecule has 1 amide bonds. The summed E-state index contributed by atoms with van der Waals surface area (Å²) in [5, 5.41) is 4.74. The van der Waals surface area contributed by atoms with Gasteiger partial charge in [0, 0.05) is 35.4 Å². The minimum atomic E-state index is -4.43. The smallest absolute Gasteiger partial charge is 0.378 e. The molecule has 1 saturated heterocycles. The summed E-state index contributed by atoms with van der Waals surface area (Å²) in [5.41, 5.74) is 2.38. The van der Waals surface area contributed by atoms with Gasteiger partial charge in [-0.05, 0) is 42.8 Å². The maximum absolute atomic E-state index is 13.0. The fraction of sp³-hybridized carbons (Fsp3) is 0.273. The van der Waals surface area contributed by atoms with E-state index in [9.17, 15) is 18.0 Å². The zero-order valence-electron chi connectivity index (χ0n) is 16.7. The van der Waals surface area contributed by atoms with Crippen LogP contribution in [-0.2, 0) is 10.9 Å². The van der Waals surface area contributed by atoms with Crippen LogP contribution in [0.4, 0.5) is 24.5 Å². The Balaban J connectivity index is 1.48. The Labute approximate surface area is 181 Å². The summed E-state index contributed by atoms with van der Waals surface area (Å²) in [6.07, 6.45) is -4.43. The van der Waals surface area contributed by atoms with Gasteiger partial charge in [0.05, 0.1) is 18.8 Å². The van der Waals surface area contributed by atoms with Crippen molar-refractivity contribution < 1.29 is 22.7 Å². The van der Waals surface area contributed by atoms with Crippen LogP contribution in [0.3, 0.4) is 0 Å². The molecule has 0 saturated carbocycles. The van der Waals surface area contributed by atoms with Gasteiger partial charge >= 0.3 is 6.18 Å². The predicted molar refractivity (Wildman–Crippen MR) is 115 cm³/mol. The number of benzene rings is 2. The molecule has 1 N–H and O–H groups in total. The Kier molecular flexibility index (Phi) is 5.97. The molecule has 1 aromatic heterocycles. The van der Waals surface area contributed by atoms with Crippen LogP contribution in [0.1, 0.15) is 21.6 Å². The van der Waals surface area contributed by atoms with Crippen molar-refractivity contribution in [3.63, 3.8) is 0 Å². The number of rotatable bonds is 4. The summed E-state index contributed by atoms with van der Waals surface area (Å²) >= 11 is 1.13. The van der Waals surface area contributed by atoms with E-state index in [0.29, 0.717) is 29.5 Å². The molecule has 9 heteroatoms. The highest BCUT2D eigenvalue weighted by Crippen LogP contribution is 2.33. The molecule has 0 atom stereocenters. The van der Waals surface area contributed by atoms with Crippen LogP contribution in [0.15, 0.2) is 47.8 Å². The van der Waals surface area contributed by atoms with E-state index in [1.807, 2.05) is 25.1 Å². The van der Waals surface area contributed by atoms with E-state index in [1.165, 1.54) is 6.07 Å². The molecule has 0 unspecified atom stereocenters. The second-order valence-corrected chi connectivity index (χ2v) is 8.03. The van der Waals surface area contributed by atoms with Gasteiger partial charge in [-0.1, -0.05) is 12.1 Å². The quantitative estimate of drug-likeness (QED) is 0.595. The number of carbonyl (C=O) groups excluding carboxylic acids is 1. The van der Waals surface area contributed by atoms with Gasteiger partial charge in [0.1, 0.15) is 10.7 Å². The third kappa shape index (κ3) is 4.88. The Morgan fingerprint density at radius 2 is 1.94 bits per heavy atom.